The molecule has 1 N–H and O–H groups in total. The van der Waals surface area contributed by atoms with E-state index in [1.807, 2.05) is 6.92 Å². The van der Waals surface area contributed by atoms with Gasteiger partial charge in [-0.25, -0.2) is 9.97 Å². The quantitative estimate of drug-likeness (QED) is 0.773. The predicted octanol–water partition coefficient (Wildman–Crippen LogP) is 4.35. The minimum absolute atomic E-state index is 0.778. The molecule has 0 aliphatic rings. The lowest BCUT2D eigenvalue weighted by atomic mass is 10.1. The Bertz CT molecular complexity index is 794. The molecule has 21 heavy (non-hydrogen) atoms. The largest absolute Gasteiger partial charge is 0.370 e. The van der Waals surface area contributed by atoms with E-state index in [9.17, 15) is 0 Å². The van der Waals surface area contributed by atoms with E-state index in [0.717, 1.165) is 35.0 Å². The Labute approximate surface area is 125 Å². The molecule has 0 bridgehead atoms. The fourth-order valence-electron chi connectivity index (χ4n) is 2.43. The Kier molecular flexibility index (Phi) is 3.57. The molecule has 0 radical (unpaired) electrons. The molecule has 0 aliphatic heterocycles. The van der Waals surface area contributed by atoms with Gasteiger partial charge in [0.05, 0.1) is 0 Å². The summed E-state index contributed by atoms with van der Waals surface area (Å²) in [4.78, 5) is 9.32. The van der Waals surface area contributed by atoms with Gasteiger partial charge < -0.3 is 5.32 Å². The van der Waals surface area contributed by atoms with Crippen molar-refractivity contribution in [3.05, 3.63) is 53.7 Å². The minimum Gasteiger partial charge on any atom is -0.370 e. The van der Waals surface area contributed by atoms with Crippen molar-refractivity contribution in [1.82, 2.24) is 9.97 Å². The first kappa shape index (κ1) is 13.6. The number of aromatic nitrogens is 2. The number of hydrogen-bond acceptors (Lipinski definition) is 3. The molecule has 2 aromatic carbocycles. The number of benzene rings is 2. The van der Waals surface area contributed by atoms with Crippen molar-refractivity contribution in [3.63, 3.8) is 0 Å². The maximum Gasteiger partial charge on any atom is 0.161 e. The zero-order valence-corrected chi connectivity index (χ0v) is 12.6. The summed E-state index contributed by atoms with van der Waals surface area (Å²) in [7, 11) is 0. The van der Waals surface area contributed by atoms with Crippen LogP contribution in [-0.4, -0.2) is 16.5 Å². The van der Waals surface area contributed by atoms with Gasteiger partial charge in [0, 0.05) is 23.4 Å². The highest BCUT2D eigenvalue weighted by molar-refractivity contribution is 5.86. The lowest BCUT2D eigenvalue weighted by Gasteiger charge is -2.11. The summed E-state index contributed by atoms with van der Waals surface area (Å²) in [6, 6.07) is 14.7. The van der Waals surface area contributed by atoms with E-state index < -0.39 is 0 Å². The van der Waals surface area contributed by atoms with E-state index in [1.54, 1.807) is 0 Å². The van der Waals surface area contributed by atoms with Crippen LogP contribution in [0.2, 0.25) is 0 Å². The van der Waals surface area contributed by atoms with Crippen LogP contribution in [0.4, 0.5) is 5.82 Å². The molecular weight excluding hydrogens is 258 g/mol. The average molecular weight is 277 g/mol. The summed E-state index contributed by atoms with van der Waals surface area (Å²) >= 11 is 0. The highest BCUT2D eigenvalue weighted by atomic mass is 15.0. The average Bonchev–Trinajstić information content (AvgIpc) is 2.51. The monoisotopic (exact) mass is 277 g/mol. The third-order valence-electron chi connectivity index (χ3n) is 3.74. The molecule has 0 aliphatic carbocycles. The van der Waals surface area contributed by atoms with Crippen molar-refractivity contribution >= 4 is 16.6 Å². The maximum atomic E-state index is 4.68. The van der Waals surface area contributed by atoms with Gasteiger partial charge in [-0.15, -0.1) is 0 Å². The van der Waals surface area contributed by atoms with Gasteiger partial charge in [0.2, 0.25) is 0 Å². The molecule has 3 heteroatoms. The maximum absolute atomic E-state index is 4.68. The fraction of sp³-hybridized carbons (Fsp3) is 0.222. The summed E-state index contributed by atoms with van der Waals surface area (Å²) in [5.41, 5.74) is 3.18. The van der Waals surface area contributed by atoms with Crippen molar-refractivity contribution in [2.24, 2.45) is 0 Å². The first-order chi connectivity index (χ1) is 10.2. The molecule has 1 aromatic heterocycles. The number of aryl methyl sites for hydroxylation is 1. The molecule has 0 saturated heterocycles. The molecule has 0 atom stereocenters. The number of fused-ring (bicyclic) bond motifs is 1. The Balaban J connectivity index is 2.13. The molecule has 106 valence electrons. The molecular formula is C18H19N3. The van der Waals surface area contributed by atoms with Gasteiger partial charge in [-0.3, -0.25) is 0 Å². The molecule has 0 amide bonds. The SMILES string of the molecule is CCNc1nc(-c2ccc3ccccc3c2)nc(C)c1C. The predicted molar refractivity (Wildman–Crippen MR) is 88.6 cm³/mol. The minimum atomic E-state index is 0.778. The van der Waals surface area contributed by atoms with Gasteiger partial charge in [-0.2, -0.15) is 0 Å². The summed E-state index contributed by atoms with van der Waals surface area (Å²) in [5.74, 6) is 1.70. The third-order valence-corrected chi connectivity index (χ3v) is 3.74. The molecule has 1 heterocycles. The van der Waals surface area contributed by atoms with Gasteiger partial charge in [0.25, 0.3) is 0 Å². The Morgan fingerprint density at radius 2 is 1.71 bits per heavy atom. The van der Waals surface area contributed by atoms with Crippen molar-refractivity contribution in [1.29, 1.82) is 0 Å². The normalized spacial score (nSPS) is 10.8. The second-order valence-electron chi connectivity index (χ2n) is 5.20. The van der Waals surface area contributed by atoms with Gasteiger partial charge in [0.1, 0.15) is 5.82 Å². The number of nitrogens with zero attached hydrogens (tertiary/aromatic N) is 2. The Morgan fingerprint density at radius 1 is 0.952 bits per heavy atom. The molecule has 3 aromatic rings. The highest BCUT2D eigenvalue weighted by Crippen LogP contribution is 2.25. The van der Waals surface area contributed by atoms with Gasteiger partial charge >= 0.3 is 0 Å². The van der Waals surface area contributed by atoms with Crippen molar-refractivity contribution in [2.75, 3.05) is 11.9 Å². The number of hydrogen-bond donors (Lipinski definition) is 1. The van der Waals surface area contributed by atoms with Crippen LogP contribution >= 0.6 is 0 Å². The second kappa shape index (κ2) is 5.52. The number of nitrogens with one attached hydrogen (secondary N) is 1. The van der Waals surface area contributed by atoms with Crippen LogP contribution in [0.15, 0.2) is 42.5 Å². The lowest BCUT2D eigenvalue weighted by molar-refractivity contribution is 1.05. The Hall–Kier alpha value is -2.42. The first-order valence-electron chi connectivity index (χ1n) is 7.27. The molecule has 0 spiro atoms. The van der Waals surface area contributed by atoms with Crippen LogP contribution in [0.5, 0.6) is 0 Å². The Morgan fingerprint density at radius 3 is 2.48 bits per heavy atom. The molecule has 0 saturated carbocycles. The summed E-state index contributed by atoms with van der Waals surface area (Å²) in [5, 5.41) is 5.76. The van der Waals surface area contributed by atoms with Crippen LogP contribution in [0.25, 0.3) is 22.2 Å². The lowest BCUT2D eigenvalue weighted by Crippen LogP contribution is -2.06. The van der Waals surface area contributed by atoms with Crippen LogP contribution in [-0.2, 0) is 0 Å². The van der Waals surface area contributed by atoms with Crippen LogP contribution < -0.4 is 5.32 Å². The van der Waals surface area contributed by atoms with Gasteiger partial charge in [0.15, 0.2) is 5.82 Å². The van der Waals surface area contributed by atoms with E-state index in [1.165, 1.54) is 10.8 Å². The second-order valence-corrected chi connectivity index (χ2v) is 5.20. The van der Waals surface area contributed by atoms with E-state index in [2.05, 4.69) is 71.6 Å². The number of anilines is 1. The smallest absolute Gasteiger partial charge is 0.161 e. The van der Waals surface area contributed by atoms with E-state index >= 15 is 0 Å². The number of rotatable bonds is 3. The van der Waals surface area contributed by atoms with Crippen LogP contribution in [0, 0.1) is 13.8 Å². The van der Waals surface area contributed by atoms with Crippen molar-refractivity contribution in [2.45, 2.75) is 20.8 Å². The molecule has 0 fully saturated rings. The summed E-state index contributed by atoms with van der Waals surface area (Å²) in [6.07, 6.45) is 0. The van der Waals surface area contributed by atoms with E-state index in [4.69, 9.17) is 0 Å². The molecule has 3 nitrogen and oxygen atoms in total. The van der Waals surface area contributed by atoms with Gasteiger partial charge in [-0.05, 0) is 37.6 Å². The first-order valence-corrected chi connectivity index (χ1v) is 7.27. The zero-order valence-electron chi connectivity index (χ0n) is 12.6. The van der Waals surface area contributed by atoms with Crippen LogP contribution in [0.3, 0.4) is 0 Å². The van der Waals surface area contributed by atoms with Gasteiger partial charge in [-0.1, -0.05) is 36.4 Å². The zero-order chi connectivity index (χ0) is 14.8. The summed E-state index contributed by atoms with van der Waals surface area (Å²) < 4.78 is 0. The topological polar surface area (TPSA) is 37.8 Å². The fourth-order valence-corrected chi connectivity index (χ4v) is 2.43. The molecule has 0 unspecified atom stereocenters. The van der Waals surface area contributed by atoms with Crippen LogP contribution in [0.1, 0.15) is 18.2 Å². The van der Waals surface area contributed by atoms with E-state index in [-0.39, 0.29) is 0 Å². The highest BCUT2D eigenvalue weighted by Gasteiger charge is 2.09. The van der Waals surface area contributed by atoms with Crippen molar-refractivity contribution in [3.8, 4) is 11.4 Å². The van der Waals surface area contributed by atoms with E-state index in [0.29, 0.717) is 0 Å². The van der Waals surface area contributed by atoms with Crippen molar-refractivity contribution < 1.29 is 0 Å². The summed E-state index contributed by atoms with van der Waals surface area (Å²) in [6.45, 7) is 7.01. The standard InChI is InChI=1S/C18H19N3/c1-4-19-17-12(2)13(3)20-18(21-17)16-10-9-14-7-5-6-8-15(14)11-16/h5-11H,4H2,1-3H3,(H,19,20,21). The third kappa shape index (κ3) is 2.59. The molecule has 3 rings (SSSR count).